The molecule has 1 atom stereocenters. The monoisotopic (exact) mass is 333 g/mol. The third-order valence-electron chi connectivity index (χ3n) is 2.00. The number of hydrogen-bond donors (Lipinski definition) is 3. The van der Waals surface area contributed by atoms with Gasteiger partial charge in [0.05, 0.1) is 3.79 Å². The van der Waals surface area contributed by atoms with E-state index >= 15 is 0 Å². The Labute approximate surface area is 116 Å². The summed E-state index contributed by atoms with van der Waals surface area (Å²) in [7, 11) is 0. The number of amides is 1. The molecule has 0 fully saturated rings. The molecule has 1 aromatic rings. The molecule has 0 radical (unpaired) electrons. The molecule has 98 valence electrons. The predicted molar refractivity (Wildman–Crippen MR) is 72.3 cm³/mol. The standard InChI is InChI=1S/C11H12BrNO4S/c12-9-3-1-7(18-9)2-4-10(15)13-6-5-8(14)11(16)17/h1-4,8,14H,5-6H2,(H,13,15)(H,16,17)/b4-2+/t8-/m0/s1. The fraction of sp³-hybridized carbons (Fsp3) is 0.273. The summed E-state index contributed by atoms with van der Waals surface area (Å²) in [5.74, 6) is -1.61. The first-order valence-corrected chi connectivity index (χ1v) is 6.72. The van der Waals surface area contributed by atoms with Crippen LogP contribution in [0.2, 0.25) is 0 Å². The Hall–Kier alpha value is -1.18. The topological polar surface area (TPSA) is 86.6 Å². The number of aliphatic carboxylic acids is 1. The number of nitrogens with one attached hydrogen (secondary N) is 1. The van der Waals surface area contributed by atoms with Gasteiger partial charge < -0.3 is 15.5 Å². The average molecular weight is 334 g/mol. The molecule has 0 aliphatic heterocycles. The minimum atomic E-state index is -1.44. The molecule has 1 rings (SSSR count). The zero-order valence-corrected chi connectivity index (χ0v) is 11.7. The summed E-state index contributed by atoms with van der Waals surface area (Å²) in [4.78, 5) is 22.6. The molecule has 0 aromatic carbocycles. The van der Waals surface area contributed by atoms with E-state index in [1.807, 2.05) is 12.1 Å². The van der Waals surface area contributed by atoms with Crippen molar-refractivity contribution < 1.29 is 19.8 Å². The molecule has 7 heteroatoms. The van der Waals surface area contributed by atoms with Gasteiger partial charge in [0.2, 0.25) is 5.91 Å². The smallest absolute Gasteiger partial charge is 0.332 e. The second-order valence-electron chi connectivity index (χ2n) is 3.41. The first-order chi connectivity index (χ1) is 8.49. The number of carbonyl (C=O) groups is 2. The number of carboxylic acids is 1. The van der Waals surface area contributed by atoms with Crippen LogP contribution in [0, 0.1) is 0 Å². The summed E-state index contributed by atoms with van der Waals surface area (Å²) in [6.45, 7) is 0.116. The fourth-order valence-electron chi connectivity index (χ4n) is 1.09. The third-order valence-corrected chi connectivity index (χ3v) is 3.58. The van der Waals surface area contributed by atoms with E-state index in [0.29, 0.717) is 0 Å². The third kappa shape index (κ3) is 5.44. The van der Waals surface area contributed by atoms with Crippen LogP contribution < -0.4 is 5.32 Å². The Kier molecular flexibility index (Phi) is 6.03. The number of carbonyl (C=O) groups excluding carboxylic acids is 1. The normalized spacial score (nSPS) is 12.6. The number of hydrogen-bond acceptors (Lipinski definition) is 4. The first kappa shape index (κ1) is 14.9. The number of carboxylic acid groups (broad SMARTS) is 1. The minimum Gasteiger partial charge on any atom is -0.479 e. The van der Waals surface area contributed by atoms with Gasteiger partial charge in [-0.05, 0) is 34.1 Å². The minimum absolute atomic E-state index is 0.0144. The van der Waals surface area contributed by atoms with Gasteiger partial charge in [0.1, 0.15) is 0 Å². The van der Waals surface area contributed by atoms with Crippen molar-refractivity contribution in [2.75, 3.05) is 6.54 Å². The maximum atomic E-state index is 11.3. The van der Waals surface area contributed by atoms with Crippen molar-refractivity contribution in [1.29, 1.82) is 0 Å². The average Bonchev–Trinajstić information content (AvgIpc) is 2.72. The van der Waals surface area contributed by atoms with E-state index in [0.717, 1.165) is 8.66 Å². The molecule has 0 saturated heterocycles. The van der Waals surface area contributed by atoms with Gasteiger partial charge in [0.25, 0.3) is 0 Å². The molecule has 18 heavy (non-hydrogen) atoms. The summed E-state index contributed by atoms with van der Waals surface area (Å²) in [6, 6.07) is 3.75. The van der Waals surface area contributed by atoms with Crippen molar-refractivity contribution in [3.05, 3.63) is 26.9 Å². The van der Waals surface area contributed by atoms with Crippen LogP contribution in [-0.2, 0) is 9.59 Å². The molecule has 1 amide bonds. The molecule has 1 aromatic heterocycles. The van der Waals surface area contributed by atoms with Gasteiger partial charge in [-0.15, -0.1) is 11.3 Å². The molecule has 0 aliphatic carbocycles. The van der Waals surface area contributed by atoms with Crippen LogP contribution in [0.3, 0.4) is 0 Å². The lowest BCUT2D eigenvalue weighted by molar-refractivity contribution is -0.147. The number of aliphatic hydroxyl groups is 1. The van der Waals surface area contributed by atoms with Gasteiger partial charge in [-0.25, -0.2) is 4.79 Å². The Morgan fingerprint density at radius 3 is 2.78 bits per heavy atom. The molecule has 5 nitrogen and oxygen atoms in total. The maximum absolute atomic E-state index is 11.3. The van der Waals surface area contributed by atoms with Crippen molar-refractivity contribution >= 4 is 45.2 Å². The van der Waals surface area contributed by atoms with Gasteiger partial charge in [-0.1, -0.05) is 0 Å². The van der Waals surface area contributed by atoms with E-state index < -0.39 is 12.1 Å². The van der Waals surface area contributed by atoms with E-state index in [1.54, 1.807) is 6.08 Å². The highest BCUT2D eigenvalue weighted by Gasteiger charge is 2.12. The van der Waals surface area contributed by atoms with Crippen molar-refractivity contribution in [2.24, 2.45) is 0 Å². The van der Waals surface area contributed by atoms with Gasteiger partial charge >= 0.3 is 5.97 Å². The predicted octanol–water partition coefficient (Wildman–Crippen LogP) is 1.48. The molecule has 0 aliphatic rings. The van der Waals surface area contributed by atoms with Crippen molar-refractivity contribution in [1.82, 2.24) is 5.32 Å². The van der Waals surface area contributed by atoms with E-state index in [2.05, 4.69) is 21.2 Å². The molecule has 0 spiro atoms. The molecule has 0 bridgehead atoms. The van der Waals surface area contributed by atoms with Crippen LogP contribution in [0.1, 0.15) is 11.3 Å². The molecule has 1 heterocycles. The van der Waals surface area contributed by atoms with Crippen LogP contribution in [-0.4, -0.2) is 34.7 Å². The Morgan fingerprint density at radius 2 is 2.22 bits per heavy atom. The van der Waals surface area contributed by atoms with E-state index in [1.165, 1.54) is 17.4 Å². The first-order valence-electron chi connectivity index (χ1n) is 5.11. The van der Waals surface area contributed by atoms with Crippen LogP contribution in [0.5, 0.6) is 0 Å². The fourth-order valence-corrected chi connectivity index (χ4v) is 2.42. The Bertz CT molecular complexity index is 458. The van der Waals surface area contributed by atoms with E-state index in [9.17, 15) is 9.59 Å². The summed E-state index contributed by atoms with van der Waals surface area (Å²) in [5.41, 5.74) is 0. The maximum Gasteiger partial charge on any atom is 0.332 e. The van der Waals surface area contributed by atoms with Crippen molar-refractivity contribution in [3.8, 4) is 0 Å². The van der Waals surface area contributed by atoms with Gasteiger partial charge in [-0.3, -0.25) is 4.79 Å². The Balaban J connectivity index is 2.30. The lowest BCUT2D eigenvalue weighted by atomic mass is 10.2. The summed E-state index contributed by atoms with van der Waals surface area (Å²) in [6.07, 6.45) is 1.58. The van der Waals surface area contributed by atoms with Crippen LogP contribution in [0.15, 0.2) is 22.0 Å². The highest BCUT2D eigenvalue weighted by Crippen LogP contribution is 2.22. The largest absolute Gasteiger partial charge is 0.479 e. The molecule has 0 unspecified atom stereocenters. The van der Waals surface area contributed by atoms with Crippen molar-refractivity contribution in [3.63, 3.8) is 0 Å². The SMILES string of the molecule is O=C(/C=C/c1ccc(Br)s1)NCC[C@H](O)C(=O)O. The van der Waals surface area contributed by atoms with Crippen molar-refractivity contribution in [2.45, 2.75) is 12.5 Å². The number of thiophene rings is 1. The molecule has 0 saturated carbocycles. The second kappa shape index (κ2) is 7.30. The molecular weight excluding hydrogens is 322 g/mol. The quantitative estimate of drug-likeness (QED) is 0.688. The van der Waals surface area contributed by atoms with Gasteiger partial charge in [-0.2, -0.15) is 0 Å². The summed E-state index contributed by atoms with van der Waals surface area (Å²) < 4.78 is 0.979. The molecule has 3 N–H and O–H groups in total. The van der Waals surface area contributed by atoms with Crippen LogP contribution in [0.4, 0.5) is 0 Å². The summed E-state index contributed by atoms with van der Waals surface area (Å²) in [5, 5.41) is 19.9. The van der Waals surface area contributed by atoms with E-state index in [4.69, 9.17) is 10.2 Å². The lowest BCUT2D eigenvalue weighted by Gasteiger charge is -2.05. The zero-order chi connectivity index (χ0) is 13.5. The molecular formula is C11H12BrNO4S. The zero-order valence-electron chi connectivity index (χ0n) is 9.30. The highest BCUT2D eigenvalue weighted by atomic mass is 79.9. The van der Waals surface area contributed by atoms with E-state index in [-0.39, 0.29) is 18.9 Å². The second-order valence-corrected chi connectivity index (χ2v) is 5.90. The number of halogens is 1. The number of rotatable bonds is 6. The van der Waals surface area contributed by atoms with Gasteiger partial charge in [0.15, 0.2) is 6.10 Å². The van der Waals surface area contributed by atoms with Crippen LogP contribution in [0.25, 0.3) is 6.08 Å². The van der Waals surface area contributed by atoms with Crippen LogP contribution >= 0.6 is 27.3 Å². The Morgan fingerprint density at radius 1 is 1.50 bits per heavy atom. The van der Waals surface area contributed by atoms with Gasteiger partial charge in [0, 0.05) is 23.9 Å². The highest BCUT2D eigenvalue weighted by molar-refractivity contribution is 9.11. The summed E-state index contributed by atoms with van der Waals surface area (Å²) >= 11 is 4.81. The lowest BCUT2D eigenvalue weighted by Crippen LogP contribution is -2.28. The number of aliphatic hydroxyl groups excluding tert-OH is 1.